The summed E-state index contributed by atoms with van der Waals surface area (Å²) in [7, 11) is 1.07. The zero-order valence-corrected chi connectivity index (χ0v) is 22.6. The molecule has 1 aliphatic heterocycles. The van der Waals surface area contributed by atoms with Gasteiger partial charge in [0.15, 0.2) is 18.0 Å². The molecule has 1 aromatic rings. The van der Waals surface area contributed by atoms with Crippen LogP contribution in [0.5, 0.6) is 5.75 Å². The zero-order valence-electron chi connectivity index (χ0n) is 22.6. The molecule has 5 atom stereocenters. The maximum absolute atomic E-state index is 12.7. The quantitative estimate of drug-likeness (QED) is 0.0890. The van der Waals surface area contributed by atoms with Gasteiger partial charge in [-0.1, -0.05) is 6.07 Å². The van der Waals surface area contributed by atoms with E-state index in [1.807, 2.05) is 0 Å². The molecule has 1 heterocycles. The standard InChI is InChI=1S/C25H27NO15/c1-12(27)36-11-19-22(37-13(2)28)23(38-14(3)29)24(39-15(4)30)25(41-19)40-18-8-6-7-16(21(18)26(33)34)17(31)9-10-20(32)35-5/h6-10,19,22-25H,11H2,1-5H3. The number of ether oxygens (including phenoxy) is 7. The molecular weight excluding hydrogens is 554 g/mol. The number of carbonyl (C=O) groups is 6. The molecule has 1 aliphatic rings. The van der Waals surface area contributed by atoms with Crippen molar-refractivity contribution < 1.29 is 66.8 Å². The summed E-state index contributed by atoms with van der Waals surface area (Å²) in [6.07, 6.45) is -6.39. The summed E-state index contributed by atoms with van der Waals surface area (Å²) in [5.41, 5.74) is -1.34. The van der Waals surface area contributed by atoms with Crippen LogP contribution in [0.1, 0.15) is 38.1 Å². The number of ketones is 1. The summed E-state index contributed by atoms with van der Waals surface area (Å²) in [6.45, 7) is 3.59. The highest BCUT2D eigenvalue weighted by Crippen LogP contribution is 2.36. The number of allylic oxidation sites excluding steroid dienone is 1. The van der Waals surface area contributed by atoms with E-state index >= 15 is 0 Å². The first-order valence-corrected chi connectivity index (χ1v) is 11.8. The summed E-state index contributed by atoms with van der Waals surface area (Å²) in [6, 6.07) is 3.43. The van der Waals surface area contributed by atoms with Crippen molar-refractivity contribution in [3.63, 3.8) is 0 Å². The Kier molecular flexibility index (Phi) is 11.4. The van der Waals surface area contributed by atoms with Crippen molar-refractivity contribution >= 4 is 41.3 Å². The number of rotatable bonds is 11. The number of methoxy groups -OCH3 is 1. The Morgan fingerprint density at radius 3 is 2.00 bits per heavy atom. The molecule has 222 valence electrons. The Bertz CT molecular complexity index is 1240. The molecule has 0 radical (unpaired) electrons. The van der Waals surface area contributed by atoms with Crippen LogP contribution in [-0.2, 0) is 52.4 Å². The second-order valence-electron chi connectivity index (χ2n) is 8.32. The second-order valence-corrected chi connectivity index (χ2v) is 8.32. The first kappa shape index (κ1) is 32.4. The van der Waals surface area contributed by atoms with Crippen molar-refractivity contribution in [3.05, 3.63) is 46.0 Å². The summed E-state index contributed by atoms with van der Waals surface area (Å²) >= 11 is 0. The fraction of sp³-hybridized carbons (Fsp3) is 0.440. The molecular formula is C25H27NO15. The van der Waals surface area contributed by atoms with Crippen LogP contribution in [0.3, 0.4) is 0 Å². The smallest absolute Gasteiger partial charge is 0.330 e. The van der Waals surface area contributed by atoms with Gasteiger partial charge >= 0.3 is 35.5 Å². The average Bonchev–Trinajstić information content (AvgIpc) is 2.88. The molecule has 0 bridgehead atoms. The predicted octanol–water partition coefficient (Wildman–Crippen LogP) is 0.969. The molecule has 0 saturated carbocycles. The number of hydrogen-bond acceptors (Lipinski definition) is 15. The first-order chi connectivity index (χ1) is 19.2. The van der Waals surface area contributed by atoms with Gasteiger partial charge < -0.3 is 33.2 Å². The molecule has 1 fully saturated rings. The molecule has 0 spiro atoms. The molecule has 16 nitrogen and oxygen atoms in total. The lowest BCUT2D eigenvalue weighted by Gasteiger charge is -2.43. The maximum atomic E-state index is 12.7. The van der Waals surface area contributed by atoms with Crippen molar-refractivity contribution in [2.24, 2.45) is 0 Å². The maximum Gasteiger partial charge on any atom is 0.330 e. The van der Waals surface area contributed by atoms with Gasteiger partial charge in [0.2, 0.25) is 18.1 Å². The molecule has 41 heavy (non-hydrogen) atoms. The van der Waals surface area contributed by atoms with Crippen molar-refractivity contribution in [2.45, 2.75) is 58.4 Å². The number of benzene rings is 1. The van der Waals surface area contributed by atoms with Crippen LogP contribution in [0, 0.1) is 10.1 Å². The fourth-order valence-electron chi connectivity index (χ4n) is 3.71. The third-order valence-electron chi connectivity index (χ3n) is 5.21. The second kappa shape index (κ2) is 14.5. The summed E-state index contributed by atoms with van der Waals surface area (Å²) < 4.78 is 36.7. The molecule has 1 saturated heterocycles. The van der Waals surface area contributed by atoms with E-state index in [0.29, 0.717) is 0 Å². The van der Waals surface area contributed by atoms with E-state index in [9.17, 15) is 38.9 Å². The molecule has 5 unspecified atom stereocenters. The lowest BCUT2D eigenvalue weighted by molar-refractivity contribution is -0.387. The zero-order chi connectivity index (χ0) is 30.9. The van der Waals surface area contributed by atoms with Crippen molar-refractivity contribution in [1.82, 2.24) is 0 Å². The third-order valence-corrected chi connectivity index (χ3v) is 5.21. The van der Waals surface area contributed by atoms with Gasteiger partial charge in [-0.05, 0) is 18.2 Å². The molecule has 2 rings (SSSR count). The minimum absolute atomic E-state index is 0.488. The first-order valence-electron chi connectivity index (χ1n) is 11.8. The molecule has 1 aromatic carbocycles. The van der Waals surface area contributed by atoms with Gasteiger partial charge in [0.05, 0.1) is 12.0 Å². The number of nitro benzene ring substituents is 1. The normalized spacial score (nSPS) is 21.7. The van der Waals surface area contributed by atoms with Crippen LogP contribution in [0.4, 0.5) is 5.69 Å². The molecule has 0 N–H and O–H groups in total. The number of hydrogen-bond donors (Lipinski definition) is 0. The lowest BCUT2D eigenvalue weighted by Crippen LogP contribution is -2.63. The highest BCUT2D eigenvalue weighted by Gasteiger charge is 2.53. The van der Waals surface area contributed by atoms with Crippen molar-refractivity contribution in [2.75, 3.05) is 13.7 Å². The number of carbonyl (C=O) groups excluding carboxylic acids is 6. The Balaban J connectivity index is 2.62. The molecule has 0 aromatic heterocycles. The van der Waals surface area contributed by atoms with Gasteiger partial charge in [0.25, 0.3) is 0 Å². The van der Waals surface area contributed by atoms with Crippen LogP contribution >= 0.6 is 0 Å². The lowest BCUT2D eigenvalue weighted by atomic mass is 9.98. The Morgan fingerprint density at radius 2 is 1.46 bits per heavy atom. The fourth-order valence-corrected chi connectivity index (χ4v) is 3.71. The monoisotopic (exact) mass is 581 g/mol. The highest BCUT2D eigenvalue weighted by molar-refractivity contribution is 6.10. The van der Waals surface area contributed by atoms with Gasteiger partial charge in [0, 0.05) is 33.8 Å². The molecule has 0 aliphatic carbocycles. The van der Waals surface area contributed by atoms with Gasteiger partial charge in [0.1, 0.15) is 18.3 Å². The Hall–Kier alpha value is -4.86. The average molecular weight is 581 g/mol. The van der Waals surface area contributed by atoms with E-state index in [4.69, 9.17) is 28.4 Å². The predicted molar refractivity (Wildman–Crippen MR) is 131 cm³/mol. The largest absolute Gasteiger partial charge is 0.466 e. The minimum atomic E-state index is -1.79. The summed E-state index contributed by atoms with van der Waals surface area (Å²) in [5.74, 6) is -5.80. The van der Waals surface area contributed by atoms with E-state index in [0.717, 1.165) is 59.1 Å². The van der Waals surface area contributed by atoms with Gasteiger partial charge in [-0.15, -0.1) is 0 Å². The highest BCUT2D eigenvalue weighted by atomic mass is 16.7. The van der Waals surface area contributed by atoms with E-state index in [2.05, 4.69) is 4.74 Å². The van der Waals surface area contributed by atoms with Crippen molar-refractivity contribution in [1.29, 1.82) is 0 Å². The van der Waals surface area contributed by atoms with Gasteiger partial charge in [-0.2, -0.15) is 0 Å². The number of nitro groups is 1. The SMILES string of the molecule is COC(=O)C=CC(=O)c1cccc(OC2OC(COC(C)=O)C(OC(C)=O)C(OC(C)=O)C2OC(C)=O)c1[N+](=O)[O-]. The van der Waals surface area contributed by atoms with E-state index in [1.54, 1.807) is 0 Å². The van der Waals surface area contributed by atoms with Gasteiger partial charge in [-0.3, -0.25) is 34.1 Å². The summed E-state index contributed by atoms with van der Waals surface area (Å²) in [5, 5.41) is 12.0. The van der Waals surface area contributed by atoms with Crippen LogP contribution in [0.15, 0.2) is 30.4 Å². The number of nitrogens with zero attached hydrogens (tertiary/aromatic N) is 1. The van der Waals surface area contributed by atoms with Crippen LogP contribution in [-0.4, -0.2) is 85.0 Å². The molecule has 16 heteroatoms. The van der Waals surface area contributed by atoms with Gasteiger partial charge in [-0.25, -0.2) is 4.79 Å². The number of para-hydroxylation sites is 1. The Labute approximate surface area is 232 Å². The molecule has 0 amide bonds. The topological polar surface area (TPSA) is 210 Å². The van der Waals surface area contributed by atoms with Crippen LogP contribution in [0.2, 0.25) is 0 Å². The van der Waals surface area contributed by atoms with E-state index in [1.165, 1.54) is 6.07 Å². The number of esters is 5. The van der Waals surface area contributed by atoms with Crippen LogP contribution in [0.25, 0.3) is 0 Å². The van der Waals surface area contributed by atoms with Crippen LogP contribution < -0.4 is 4.74 Å². The summed E-state index contributed by atoms with van der Waals surface area (Å²) in [4.78, 5) is 82.4. The van der Waals surface area contributed by atoms with E-state index in [-0.39, 0.29) is 0 Å². The third kappa shape index (κ3) is 9.10. The van der Waals surface area contributed by atoms with Crippen molar-refractivity contribution in [3.8, 4) is 5.75 Å². The Morgan fingerprint density at radius 1 is 0.878 bits per heavy atom. The minimum Gasteiger partial charge on any atom is -0.466 e. The van der Waals surface area contributed by atoms with E-state index < -0.39 is 94.9 Å².